The third-order valence-corrected chi connectivity index (χ3v) is 4.42. The molecule has 1 aliphatic rings. The summed E-state index contributed by atoms with van der Waals surface area (Å²) in [5.74, 6) is 0.844. The summed E-state index contributed by atoms with van der Waals surface area (Å²) in [6.45, 7) is 9.05. The molecule has 0 aliphatic heterocycles. The van der Waals surface area contributed by atoms with E-state index < -0.39 is 0 Å². The number of aromatic nitrogens is 5. The molecule has 0 atom stereocenters. The lowest BCUT2D eigenvalue weighted by Crippen LogP contribution is -2.13. The second kappa shape index (κ2) is 2.94. The molecule has 0 radical (unpaired) electrons. The van der Waals surface area contributed by atoms with Gasteiger partial charge in [0.15, 0.2) is 11.5 Å². The zero-order chi connectivity index (χ0) is 12.3. The zero-order valence-corrected chi connectivity index (χ0v) is 10.5. The zero-order valence-electron chi connectivity index (χ0n) is 10.5. The van der Waals surface area contributed by atoms with Crippen LogP contribution in [-0.4, -0.2) is 31.1 Å². The minimum atomic E-state index is 0.267. The third-order valence-electron chi connectivity index (χ3n) is 4.42. The molecular weight excluding hydrogens is 216 g/mol. The van der Waals surface area contributed by atoms with Crippen molar-refractivity contribution in [3.8, 4) is 0 Å². The van der Waals surface area contributed by atoms with E-state index in [1.165, 1.54) is 0 Å². The summed E-state index contributed by atoms with van der Waals surface area (Å²) in [4.78, 5) is 4.14. The van der Waals surface area contributed by atoms with Crippen LogP contribution in [0.3, 0.4) is 0 Å². The molecule has 0 aromatic carbocycles. The largest absolute Gasteiger partial charge is 0.365 e. The van der Waals surface area contributed by atoms with E-state index in [-0.39, 0.29) is 10.8 Å². The summed E-state index contributed by atoms with van der Waals surface area (Å²) >= 11 is 0. The Bertz CT molecular complexity index is 556. The Morgan fingerprint density at radius 3 is 2.53 bits per heavy atom. The van der Waals surface area contributed by atoms with Gasteiger partial charge in [-0.15, -0.1) is 5.10 Å². The molecule has 0 amide bonds. The Kier molecular flexibility index (Phi) is 1.80. The predicted octanol–water partition coefficient (Wildman–Crippen LogP) is 1.37. The number of nitrogens with one attached hydrogen (secondary N) is 1. The molecule has 2 aromatic rings. The van der Waals surface area contributed by atoms with Crippen LogP contribution in [0.2, 0.25) is 0 Å². The molecule has 6 nitrogen and oxygen atoms in total. The van der Waals surface area contributed by atoms with Crippen LogP contribution in [0.25, 0.3) is 5.65 Å². The molecule has 0 saturated heterocycles. The Morgan fingerprint density at radius 1 is 1.18 bits per heavy atom. The fourth-order valence-corrected chi connectivity index (χ4v) is 2.48. The van der Waals surface area contributed by atoms with Crippen molar-refractivity contribution in [2.75, 3.05) is 5.32 Å². The van der Waals surface area contributed by atoms with Crippen molar-refractivity contribution in [3.63, 3.8) is 0 Å². The van der Waals surface area contributed by atoms with Gasteiger partial charge in [-0.05, 0) is 21.3 Å². The number of rotatable bonds is 2. The average molecular weight is 232 g/mol. The van der Waals surface area contributed by atoms with E-state index in [0.717, 1.165) is 5.82 Å². The van der Waals surface area contributed by atoms with E-state index in [1.807, 2.05) is 0 Å². The minimum Gasteiger partial charge on any atom is -0.365 e. The first-order chi connectivity index (χ1) is 7.94. The minimum absolute atomic E-state index is 0.267. The topological polar surface area (TPSA) is 68.0 Å². The van der Waals surface area contributed by atoms with Crippen LogP contribution < -0.4 is 5.32 Å². The highest BCUT2D eigenvalue weighted by atomic mass is 15.5. The molecule has 0 spiro atoms. The van der Waals surface area contributed by atoms with E-state index >= 15 is 0 Å². The van der Waals surface area contributed by atoms with E-state index in [4.69, 9.17) is 0 Å². The van der Waals surface area contributed by atoms with Crippen molar-refractivity contribution in [1.29, 1.82) is 0 Å². The first kappa shape index (κ1) is 10.4. The van der Waals surface area contributed by atoms with Crippen LogP contribution in [0, 0.1) is 10.8 Å². The van der Waals surface area contributed by atoms with Crippen molar-refractivity contribution in [2.24, 2.45) is 10.8 Å². The quantitative estimate of drug-likeness (QED) is 0.846. The highest BCUT2D eigenvalue weighted by Gasteiger charge is 2.65. The summed E-state index contributed by atoms with van der Waals surface area (Å²) in [6, 6.07) is 0.409. The second-order valence-electron chi connectivity index (χ2n) is 5.76. The molecule has 1 fully saturated rings. The van der Waals surface area contributed by atoms with Crippen LogP contribution in [-0.2, 0) is 0 Å². The summed E-state index contributed by atoms with van der Waals surface area (Å²) < 4.78 is 1.68. The van der Waals surface area contributed by atoms with Gasteiger partial charge in [-0.1, -0.05) is 27.7 Å². The maximum Gasteiger partial charge on any atom is 0.199 e. The lowest BCUT2D eigenvalue weighted by atomic mass is 10.0. The van der Waals surface area contributed by atoms with Gasteiger partial charge in [-0.3, -0.25) is 4.98 Å². The van der Waals surface area contributed by atoms with E-state index in [0.29, 0.717) is 11.7 Å². The Labute approximate surface area is 99.4 Å². The van der Waals surface area contributed by atoms with Crippen molar-refractivity contribution >= 4 is 11.5 Å². The third kappa shape index (κ3) is 1.26. The fourth-order valence-electron chi connectivity index (χ4n) is 2.48. The van der Waals surface area contributed by atoms with Crippen LogP contribution in [0.4, 0.5) is 5.82 Å². The van der Waals surface area contributed by atoms with Crippen molar-refractivity contribution in [1.82, 2.24) is 25.0 Å². The highest BCUT2D eigenvalue weighted by Crippen LogP contribution is 2.63. The Hall–Kier alpha value is -1.72. The number of hydrogen-bond donors (Lipinski definition) is 1. The van der Waals surface area contributed by atoms with Crippen LogP contribution in [0.1, 0.15) is 27.7 Å². The van der Waals surface area contributed by atoms with Gasteiger partial charge in [-0.25, -0.2) is 0 Å². The second-order valence-corrected chi connectivity index (χ2v) is 5.76. The van der Waals surface area contributed by atoms with E-state index in [1.54, 1.807) is 16.9 Å². The lowest BCUT2D eigenvalue weighted by Gasteiger charge is -2.08. The summed E-state index contributed by atoms with van der Waals surface area (Å²) in [5.41, 5.74) is 1.19. The van der Waals surface area contributed by atoms with Gasteiger partial charge < -0.3 is 5.32 Å². The fraction of sp³-hybridized carbons (Fsp3) is 0.636. The summed E-state index contributed by atoms with van der Waals surface area (Å²) in [5, 5.41) is 15.0. The van der Waals surface area contributed by atoms with Crippen LogP contribution in [0.5, 0.6) is 0 Å². The lowest BCUT2D eigenvalue weighted by molar-refractivity contribution is 0.457. The molecule has 2 aromatic heterocycles. The number of hydrogen-bond acceptors (Lipinski definition) is 5. The number of nitrogens with zero attached hydrogens (tertiary/aromatic N) is 5. The predicted molar refractivity (Wildman–Crippen MR) is 63.5 cm³/mol. The maximum absolute atomic E-state index is 4.14. The van der Waals surface area contributed by atoms with Crippen molar-refractivity contribution in [3.05, 3.63) is 12.4 Å². The van der Waals surface area contributed by atoms with Gasteiger partial charge in [0.2, 0.25) is 0 Å². The molecule has 6 heteroatoms. The van der Waals surface area contributed by atoms with Gasteiger partial charge in [0.05, 0.1) is 12.4 Å². The van der Waals surface area contributed by atoms with E-state index in [2.05, 4.69) is 53.5 Å². The van der Waals surface area contributed by atoms with Gasteiger partial charge in [0.1, 0.15) is 0 Å². The van der Waals surface area contributed by atoms with Crippen LogP contribution >= 0.6 is 0 Å². The normalized spacial score (nSPS) is 21.6. The first-order valence-corrected chi connectivity index (χ1v) is 5.73. The summed E-state index contributed by atoms with van der Waals surface area (Å²) in [6.07, 6.45) is 3.40. The number of anilines is 1. The Morgan fingerprint density at radius 2 is 1.88 bits per heavy atom. The molecular formula is C11H16N6. The van der Waals surface area contributed by atoms with Gasteiger partial charge in [-0.2, -0.15) is 4.52 Å². The Balaban J connectivity index is 1.95. The molecule has 0 bridgehead atoms. The number of tetrazole rings is 1. The monoisotopic (exact) mass is 232 g/mol. The summed E-state index contributed by atoms with van der Waals surface area (Å²) in [7, 11) is 0. The molecule has 17 heavy (non-hydrogen) atoms. The smallest absolute Gasteiger partial charge is 0.199 e. The highest BCUT2D eigenvalue weighted by molar-refractivity contribution is 5.47. The van der Waals surface area contributed by atoms with Gasteiger partial charge >= 0.3 is 0 Å². The maximum atomic E-state index is 4.14. The van der Waals surface area contributed by atoms with Crippen molar-refractivity contribution < 1.29 is 0 Å². The van der Waals surface area contributed by atoms with Crippen LogP contribution in [0.15, 0.2) is 12.4 Å². The average Bonchev–Trinajstić information content (AvgIpc) is 2.68. The molecule has 1 saturated carbocycles. The van der Waals surface area contributed by atoms with Crippen molar-refractivity contribution in [2.45, 2.75) is 33.7 Å². The molecule has 90 valence electrons. The molecule has 0 unspecified atom stereocenters. The molecule has 2 heterocycles. The van der Waals surface area contributed by atoms with E-state index in [9.17, 15) is 0 Å². The molecule has 1 aliphatic carbocycles. The molecule has 3 rings (SSSR count). The first-order valence-electron chi connectivity index (χ1n) is 5.73. The SMILES string of the molecule is CC1(C)C(Nc2cncc3nnnn23)C1(C)C. The number of fused-ring (bicyclic) bond motifs is 1. The standard InChI is InChI=1S/C11H16N6/c1-10(2)9(11(10,3)4)13-7-5-12-6-8-14-15-16-17(7)8/h5-6,9,13H,1-4H3. The van der Waals surface area contributed by atoms with Gasteiger partial charge in [0, 0.05) is 6.04 Å². The van der Waals surface area contributed by atoms with Gasteiger partial charge in [0.25, 0.3) is 0 Å². The molecule has 1 N–H and O–H groups in total.